The molecule has 3 aromatic heterocycles. The van der Waals surface area contributed by atoms with Gasteiger partial charge in [0, 0.05) is 24.7 Å². The predicted octanol–water partition coefficient (Wildman–Crippen LogP) is 2.49. The first-order chi connectivity index (χ1) is 20.1. The van der Waals surface area contributed by atoms with Crippen LogP contribution in [0.2, 0.25) is 0 Å². The van der Waals surface area contributed by atoms with Gasteiger partial charge in [-0.3, -0.25) is 14.6 Å². The van der Waals surface area contributed by atoms with E-state index in [0.717, 1.165) is 16.8 Å². The zero-order valence-corrected chi connectivity index (χ0v) is 24.0. The largest absolute Gasteiger partial charge is 0.379 e. The highest BCUT2D eigenvalue weighted by molar-refractivity contribution is 7.89. The molecule has 0 aliphatic carbocycles. The van der Waals surface area contributed by atoms with E-state index in [-0.39, 0.29) is 35.3 Å². The molecule has 6 rings (SSSR count). The lowest BCUT2D eigenvalue weighted by molar-refractivity contribution is 0.0730. The van der Waals surface area contributed by atoms with Crippen LogP contribution < -0.4 is 10.9 Å². The monoisotopic (exact) mass is 588 g/mol. The molecule has 216 valence electrons. The molecule has 0 radical (unpaired) electrons. The number of anilines is 1. The SMILES string of the molecule is Cc1cc(NC(=O)c2ccc(S(=O)(=O)N3CCOCC3)cc2)n(-c2nc3c(cnn3-c3ccc(C)c(C)c3)c(=O)[nH]2)n1. The van der Waals surface area contributed by atoms with E-state index in [1.54, 1.807) is 17.7 Å². The summed E-state index contributed by atoms with van der Waals surface area (Å²) < 4.78 is 35.4. The molecule has 1 saturated heterocycles. The van der Waals surface area contributed by atoms with E-state index in [4.69, 9.17) is 4.74 Å². The van der Waals surface area contributed by atoms with E-state index in [1.165, 1.54) is 39.4 Å². The minimum atomic E-state index is -3.69. The number of ether oxygens (including phenoxy) is 1. The van der Waals surface area contributed by atoms with E-state index in [0.29, 0.717) is 29.9 Å². The Morgan fingerprint density at radius 3 is 2.43 bits per heavy atom. The molecular weight excluding hydrogens is 560 g/mol. The number of nitrogens with one attached hydrogen (secondary N) is 2. The molecule has 0 bridgehead atoms. The van der Waals surface area contributed by atoms with Crippen LogP contribution in [-0.4, -0.2) is 74.5 Å². The topological polar surface area (TPSA) is 157 Å². The van der Waals surface area contributed by atoms with Crippen LogP contribution in [0.3, 0.4) is 0 Å². The average molecular weight is 589 g/mol. The smallest absolute Gasteiger partial charge is 0.263 e. The number of sulfonamides is 1. The number of aromatic nitrogens is 6. The first kappa shape index (κ1) is 27.5. The molecule has 13 nitrogen and oxygen atoms in total. The van der Waals surface area contributed by atoms with Gasteiger partial charge in [0.15, 0.2) is 5.65 Å². The van der Waals surface area contributed by atoms with Crippen molar-refractivity contribution in [3.8, 4) is 11.6 Å². The highest BCUT2D eigenvalue weighted by Gasteiger charge is 2.26. The molecule has 0 unspecified atom stereocenters. The Hall–Kier alpha value is -4.66. The number of carbonyl (C=O) groups excluding carboxylic acids is 1. The Kier molecular flexibility index (Phi) is 6.96. The van der Waals surface area contributed by atoms with E-state index in [9.17, 15) is 18.0 Å². The molecule has 4 heterocycles. The van der Waals surface area contributed by atoms with Crippen LogP contribution in [0.5, 0.6) is 0 Å². The van der Waals surface area contributed by atoms with Crippen LogP contribution >= 0.6 is 0 Å². The summed E-state index contributed by atoms with van der Waals surface area (Å²) in [5, 5.41) is 11.9. The van der Waals surface area contributed by atoms with Crippen molar-refractivity contribution in [1.29, 1.82) is 0 Å². The highest BCUT2D eigenvalue weighted by atomic mass is 32.2. The Balaban J connectivity index is 1.30. The zero-order chi connectivity index (χ0) is 29.6. The molecular formula is C28H28N8O5S. The van der Waals surface area contributed by atoms with Crippen molar-refractivity contribution in [3.63, 3.8) is 0 Å². The predicted molar refractivity (Wildman–Crippen MR) is 155 cm³/mol. The molecule has 0 saturated carbocycles. The van der Waals surface area contributed by atoms with Crippen molar-refractivity contribution in [3.05, 3.63) is 87.5 Å². The number of aromatic amines is 1. The average Bonchev–Trinajstić information content (AvgIpc) is 3.58. The second-order valence-electron chi connectivity index (χ2n) is 10.0. The van der Waals surface area contributed by atoms with Gasteiger partial charge in [-0.25, -0.2) is 13.1 Å². The molecule has 2 N–H and O–H groups in total. The summed E-state index contributed by atoms with van der Waals surface area (Å²) in [7, 11) is -3.69. The van der Waals surface area contributed by atoms with Crippen LogP contribution in [0.4, 0.5) is 5.82 Å². The third kappa shape index (κ3) is 5.00. The molecule has 1 aliphatic heterocycles. The number of H-pyrrole nitrogens is 1. The van der Waals surface area contributed by atoms with Gasteiger partial charge in [-0.05, 0) is 68.3 Å². The van der Waals surface area contributed by atoms with Gasteiger partial charge in [0.2, 0.25) is 16.0 Å². The lowest BCUT2D eigenvalue weighted by Gasteiger charge is -2.26. The van der Waals surface area contributed by atoms with E-state index >= 15 is 0 Å². The lowest BCUT2D eigenvalue weighted by atomic mass is 10.1. The summed E-state index contributed by atoms with van der Waals surface area (Å²) >= 11 is 0. The van der Waals surface area contributed by atoms with Crippen LogP contribution in [0.15, 0.2) is 64.4 Å². The fourth-order valence-corrected chi connectivity index (χ4v) is 6.11. The quantitative estimate of drug-likeness (QED) is 0.306. The van der Waals surface area contributed by atoms with Gasteiger partial charge in [-0.2, -0.15) is 24.2 Å². The molecule has 42 heavy (non-hydrogen) atoms. The van der Waals surface area contributed by atoms with E-state index in [2.05, 4.69) is 25.5 Å². The van der Waals surface area contributed by atoms with Crippen LogP contribution in [-0.2, 0) is 14.8 Å². The molecule has 0 spiro atoms. The normalized spacial score (nSPS) is 14.4. The van der Waals surface area contributed by atoms with Crippen LogP contribution in [0.1, 0.15) is 27.2 Å². The maximum Gasteiger partial charge on any atom is 0.263 e. The molecule has 14 heteroatoms. The van der Waals surface area contributed by atoms with Gasteiger partial charge in [0.1, 0.15) is 11.2 Å². The molecule has 2 aromatic carbocycles. The number of hydrogen-bond donors (Lipinski definition) is 2. The molecule has 1 aliphatic rings. The fourth-order valence-electron chi connectivity index (χ4n) is 4.71. The number of morpholine rings is 1. The van der Waals surface area contributed by atoms with Crippen molar-refractivity contribution >= 4 is 32.8 Å². The zero-order valence-electron chi connectivity index (χ0n) is 23.2. The number of aryl methyl sites for hydroxylation is 3. The number of rotatable bonds is 6. The van der Waals surface area contributed by atoms with Crippen molar-refractivity contribution in [2.24, 2.45) is 0 Å². The molecule has 5 aromatic rings. The standard InChI is InChI=1S/C28H28N8O5S/c1-17-4-7-21(14-18(17)2)35-25-23(16-29-35)27(38)32-28(31-25)36-24(15-19(3)33-36)30-26(37)20-5-8-22(9-6-20)42(39,40)34-10-12-41-13-11-34/h4-9,14-16H,10-13H2,1-3H3,(H,30,37)(H,31,32,38). The third-order valence-corrected chi connectivity index (χ3v) is 9.07. The Morgan fingerprint density at radius 2 is 1.71 bits per heavy atom. The Bertz CT molecular complexity index is 1990. The first-order valence-electron chi connectivity index (χ1n) is 13.2. The summed E-state index contributed by atoms with van der Waals surface area (Å²) in [5.41, 5.74) is 3.69. The van der Waals surface area contributed by atoms with Crippen LogP contribution in [0, 0.1) is 20.8 Å². The first-order valence-corrected chi connectivity index (χ1v) is 14.7. The third-order valence-electron chi connectivity index (χ3n) is 7.16. The summed E-state index contributed by atoms with van der Waals surface area (Å²) in [4.78, 5) is 33.6. The van der Waals surface area contributed by atoms with Gasteiger partial charge in [-0.15, -0.1) is 0 Å². The van der Waals surface area contributed by atoms with Gasteiger partial charge in [-0.1, -0.05) is 6.07 Å². The number of amides is 1. The minimum absolute atomic E-state index is 0.0911. The van der Waals surface area contributed by atoms with Crippen LogP contribution in [0.25, 0.3) is 22.7 Å². The maximum atomic E-state index is 13.2. The van der Waals surface area contributed by atoms with Crippen molar-refractivity contribution in [2.45, 2.75) is 25.7 Å². The van der Waals surface area contributed by atoms with Gasteiger partial charge < -0.3 is 10.1 Å². The molecule has 0 atom stereocenters. The van der Waals surface area contributed by atoms with Gasteiger partial charge in [0.05, 0.1) is 35.7 Å². The minimum Gasteiger partial charge on any atom is -0.379 e. The highest BCUT2D eigenvalue weighted by Crippen LogP contribution is 2.21. The van der Waals surface area contributed by atoms with Crippen molar-refractivity contribution in [1.82, 2.24) is 33.8 Å². The summed E-state index contributed by atoms with van der Waals surface area (Å²) in [6, 6.07) is 13.2. The second kappa shape index (κ2) is 10.6. The van der Waals surface area contributed by atoms with Gasteiger partial charge in [0.25, 0.3) is 11.5 Å². The number of nitrogens with zero attached hydrogens (tertiary/aromatic N) is 6. The Morgan fingerprint density at radius 1 is 0.976 bits per heavy atom. The number of hydrogen-bond acceptors (Lipinski definition) is 8. The summed E-state index contributed by atoms with van der Waals surface area (Å²) in [6.45, 7) is 6.99. The summed E-state index contributed by atoms with van der Waals surface area (Å²) in [6.07, 6.45) is 1.46. The van der Waals surface area contributed by atoms with E-state index < -0.39 is 21.5 Å². The number of carbonyl (C=O) groups is 1. The number of benzene rings is 2. The fraction of sp³-hybridized carbons (Fsp3) is 0.250. The lowest BCUT2D eigenvalue weighted by Crippen LogP contribution is -2.40. The Labute approximate surface area is 240 Å². The van der Waals surface area contributed by atoms with Gasteiger partial charge >= 0.3 is 0 Å². The van der Waals surface area contributed by atoms with E-state index in [1.807, 2.05) is 32.0 Å². The summed E-state index contributed by atoms with van der Waals surface area (Å²) in [5.74, 6) is -0.134. The second-order valence-corrected chi connectivity index (χ2v) is 12.0. The maximum absolute atomic E-state index is 13.2. The number of fused-ring (bicyclic) bond motifs is 1. The molecule has 1 fully saturated rings. The van der Waals surface area contributed by atoms with Crippen molar-refractivity contribution in [2.75, 3.05) is 31.6 Å². The molecule has 1 amide bonds. The van der Waals surface area contributed by atoms with Crippen molar-refractivity contribution < 1.29 is 17.9 Å².